The third kappa shape index (κ3) is 4.07. The number of carbonyl (C=O) groups is 1. The molecule has 0 radical (unpaired) electrons. The molecule has 0 bridgehead atoms. The van der Waals surface area contributed by atoms with Gasteiger partial charge in [-0.3, -0.25) is 9.69 Å². The second-order valence-electron chi connectivity index (χ2n) is 7.37. The minimum absolute atomic E-state index is 0.327. The second-order valence-corrected chi connectivity index (χ2v) is 7.37. The monoisotopic (exact) mass is 279 g/mol. The van der Waals surface area contributed by atoms with Gasteiger partial charge in [-0.15, -0.1) is 0 Å². The number of nitrogens with zero attached hydrogens (tertiary/aromatic N) is 1. The number of ketones is 1. The van der Waals surface area contributed by atoms with Crippen LogP contribution in [-0.2, 0) is 4.79 Å². The zero-order valence-electron chi connectivity index (χ0n) is 13.7. The number of hydrogen-bond donors (Lipinski definition) is 0. The van der Waals surface area contributed by atoms with E-state index in [4.69, 9.17) is 0 Å². The normalized spacial score (nSPS) is 32.8. The smallest absolute Gasteiger partial charge is 0.137 e. The average molecular weight is 279 g/mol. The fourth-order valence-corrected chi connectivity index (χ4v) is 4.17. The maximum Gasteiger partial charge on any atom is 0.137 e. The molecule has 1 aliphatic heterocycles. The van der Waals surface area contributed by atoms with Crippen molar-refractivity contribution in [3.05, 3.63) is 0 Å². The van der Waals surface area contributed by atoms with Gasteiger partial charge in [0, 0.05) is 24.9 Å². The Hall–Kier alpha value is -0.370. The van der Waals surface area contributed by atoms with E-state index in [-0.39, 0.29) is 0 Å². The topological polar surface area (TPSA) is 20.3 Å². The van der Waals surface area contributed by atoms with Crippen LogP contribution in [0.15, 0.2) is 0 Å². The first-order valence-electron chi connectivity index (χ1n) is 8.88. The number of Topliss-reactive ketones (excluding diaryl/α,β-unsaturated/α-hetero) is 1. The maximum atomic E-state index is 12.3. The molecule has 0 N–H and O–H groups in total. The summed E-state index contributed by atoms with van der Waals surface area (Å²) >= 11 is 0. The lowest BCUT2D eigenvalue weighted by molar-refractivity contribution is -0.127. The molecule has 2 aliphatic rings. The maximum absolute atomic E-state index is 12.3. The van der Waals surface area contributed by atoms with E-state index < -0.39 is 0 Å². The fraction of sp³-hybridized carbons (Fsp3) is 0.944. The van der Waals surface area contributed by atoms with Crippen molar-refractivity contribution < 1.29 is 4.79 Å². The molecule has 2 heteroatoms. The van der Waals surface area contributed by atoms with Gasteiger partial charge < -0.3 is 0 Å². The summed E-state index contributed by atoms with van der Waals surface area (Å²) in [7, 11) is 0. The summed E-state index contributed by atoms with van der Waals surface area (Å²) in [6, 6.07) is 0.751. The highest BCUT2D eigenvalue weighted by Crippen LogP contribution is 2.33. The van der Waals surface area contributed by atoms with E-state index in [0.29, 0.717) is 11.7 Å². The van der Waals surface area contributed by atoms with Crippen LogP contribution in [0.3, 0.4) is 0 Å². The highest BCUT2D eigenvalue weighted by atomic mass is 16.1. The zero-order chi connectivity index (χ0) is 14.5. The van der Waals surface area contributed by atoms with Crippen molar-refractivity contribution in [1.82, 2.24) is 4.90 Å². The molecule has 20 heavy (non-hydrogen) atoms. The molecule has 2 fully saturated rings. The van der Waals surface area contributed by atoms with Crippen molar-refractivity contribution in [1.29, 1.82) is 0 Å². The molecule has 0 aromatic carbocycles. The molecule has 0 aromatic rings. The van der Waals surface area contributed by atoms with Gasteiger partial charge in [0.05, 0.1) is 0 Å². The van der Waals surface area contributed by atoms with Crippen molar-refractivity contribution >= 4 is 5.78 Å². The summed E-state index contributed by atoms with van der Waals surface area (Å²) in [4.78, 5) is 14.9. The molecule has 0 spiro atoms. The Bertz CT molecular complexity index is 311. The molecular formula is C18H33NO. The highest BCUT2D eigenvalue weighted by molar-refractivity contribution is 5.82. The van der Waals surface area contributed by atoms with Gasteiger partial charge in [-0.2, -0.15) is 0 Å². The minimum Gasteiger partial charge on any atom is -0.300 e. The van der Waals surface area contributed by atoms with E-state index in [2.05, 4.69) is 25.7 Å². The third-order valence-corrected chi connectivity index (χ3v) is 5.57. The molecule has 1 saturated carbocycles. The van der Waals surface area contributed by atoms with Crippen LogP contribution in [0.1, 0.15) is 72.1 Å². The molecule has 0 amide bonds. The van der Waals surface area contributed by atoms with Crippen molar-refractivity contribution in [3.63, 3.8) is 0 Å². The average Bonchev–Trinajstić information content (AvgIpc) is 2.43. The summed E-state index contributed by atoms with van der Waals surface area (Å²) in [5.74, 6) is 2.38. The van der Waals surface area contributed by atoms with Gasteiger partial charge >= 0.3 is 0 Å². The van der Waals surface area contributed by atoms with Crippen molar-refractivity contribution in [2.24, 2.45) is 17.8 Å². The Balaban J connectivity index is 1.93. The quantitative estimate of drug-likeness (QED) is 0.748. The number of rotatable bonds is 5. The highest BCUT2D eigenvalue weighted by Gasteiger charge is 2.33. The lowest BCUT2D eigenvalue weighted by Crippen LogP contribution is -2.45. The van der Waals surface area contributed by atoms with E-state index in [0.717, 1.165) is 43.7 Å². The number of carbonyl (C=O) groups excluding carboxylic acids is 1. The van der Waals surface area contributed by atoms with Gasteiger partial charge in [-0.1, -0.05) is 33.6 Å². The fourth-order valence-electron chi connectivity index (χ4n) is 4.17. The molecule has 2 nitrogen and oxygen atoms in total. The molecule has 3 atom stereocenters. The summed E-state index contributed by atoms with van der Waals surface area (Å²) in [5, 5.41) is 0. The van der Waals surface area contributed by atoms with E-state index in [1.807, 2.05) is 0 Å². The molecule has 116 valence electrons. The van der Waals surface area contributed by atoms with Crippen LogP contribution in [0.2, 0.25) is 0 Å². The number of piperidine rings is 1. The molecule has 1 saturated heterocycles. The van der Waals surface area contributed by atoms with Crippen LogP contribution >= 0.6 is 0 Å². The van der Waals surface area contributed by atoms with Gasteiger partial charge in [-0.25, -0.2) is 0 Å². The van der Waals surface area contributed by atoms with Crippen molar-refractivity contribution in [2.75, 3.05) is 13.1 Å². The van der Waals surface area contributed by atoms with Crippen LogP contribution in [0.4, 0.5) is 0 Å². The van der Waals surface area contributed by atoms with Gasteiger partial charge in [-0.05, 0) is 50.5 Å². The molecule has 3 unspecified atom stereocenters. The Morgan fingerprint density at radius 1 is 1.25 bits per heavy atom. The number of likely N-dealkylation sites (tertiary alicyclic amines) is 1. The molecule has 0 aromatic heterocycles. The lowest BCUT2D eigenvalue weighted by Gasteiger charge is -2.40. The first-order valence-corrected chi connectivity index (χ1v) is 8.88. The van der Waals surface area contributed by atoms with Gasteiger partial charge in [0.25, 0.3) is 0 Å². The van der Waals surface area contributed by atoms with Crippen LogP contribution in [0.25, 0.3) is 0 Å². The van der Waals surface area contributed by atoms with Crippen LogP contribution in [-0.4, -0.2) is 29.8 Å². The van der Waals surface area contributed by atoms with Gasteiger partial charge in [0.15, 0.2) is 0 Å². The largest absolute Gasteiger partial charge is 0.300 e. The molecule has 1 heterocycles. The Morgan fingerprint density at radius 3 is 2.75 bits per heavy atom. The summed E-state index contributed by atoms with van der Waals surface area (Å²) in [5.41, 5.74) is 0. The van der Waals surface area contributed by atoms with Crippen LogP contribution < -0.4 is 0 Å². The second kappa shape index (κ2) is 7.59. The summed E-state index contributed by atoms with van der Waals surface area (Å²) < 4.78 is 0. The molecular weight excluding hydrogens is 246 g/mol. The summed E-state index contributed by atoms with van der Waals surface area (Å²) in [6.45, 7) is 9.19. The SMILES string of the molecule is CCCC1CCCCN1CC1CC(C(C)C)CCC1=O. The molecule has 2 rings (SSSR count). The lowest BCUT2D eigenvalue weighted by atomic mass is 9.75. The first kappa shape index (κ1) is 16.0. The third-order valence-electron chi connectivity index (χ3n) is 5.57. The van der Waals surface area contributed by atoms with Crippen molar-refractivity contribution in [3.8, 4) is 0 Å². The van der Waals surface area contributed by atoms with E-state index in [9.17, 15) is 4.79 Å². The van der Waals surface area contributed by atoms with Crippen molar-refractivity contribution in [2.45, 2.75) is 78.2 Å². The van der Waals surface area contributed by atoms with Crippen LogP contribution in [0.5, 0.6) is 0 Å². The standard InChI is InChI=1S/C18H33NO/c1-4-7-17-8-5-6-11-19(17)13-16-12-15(14(2)3)9-10-18(16)20/h14-17H,4-13H2,1-3H3. The first-order chi connectivity index (χ1) is 9.61. The molecule has 1 aliphatic carbocycles. The van der Waals surface area contributed by atoms with E-state index >= 15 is 0 Å². The Labute approximate surface area is 125 Å². The predicted molar refractivity (Wildman–Crippen MR) is 84.8 cm³/mol. The Morgan fingerprint density at radius 2 is 2.05 bits per heavy atom. The number of hydrogen-bond acceptors (Lipinski definition) is 2. The zero-order valence-corrected chi connectivity index (χ0v) is 13.7. The minimum atomic E-state index is 0.327. The van der Waals surface area contributed by atoms with Gasteiger partial charge in [0.2, 0.25) is 0 Å². The van der Waals surface area contributed by atoms with E-state index in [1.54, 1.807) is 0 Å². The van der Waals surface area contributed by atoms with Gasteiger partial charge in [0.1, 0.15) is 5.78 Å². The predicted octanol–water partition coefficient (Wildman–Crippen LogP) is 4.28. The van der Waals surface area contributed by atoms with Crippen LogP contribution in [0, 0.1) is 17.8 Å². The Kier molecular flexibility index (Phi) is 6.07. The van der Waals surface area contributed by atoms with E-state index in [1.165, 1.54) is 38.6 Å². The summed E-state index contributed by atoms with van der Waals surface area (Å²) in [6.07, 6.45) is 9.76.